The van der Waals surface area contributed by atoms with E-state index in [0.717, 1.165) is 59.1 Å². The number of hydrogen-bond donors (Lipinski definition) is 1. The first-order valence-corrected chi connectivity index (χ1v) is 10.1. The molecular weight excluding hydrogens is 376 g/mol. The quantitative estimate of drug-likeness (QED) is 0.564. The highest BCUT2D eigenvalue weighted by Crippen LogP contribution is 2.30. The van der Waals surface area contributed by atoms with E-state index in [9.17, 15) is 4.79 Å². The third-order valence-electron chi connectivity index (χ3n) is 5.99. The zero-order valence-corrected chi connectivity index (χ0v) is 16.6. The van der Waals surface area contributed by atoms with Gasteiger partial charge in [0, 0.05) is 61.1 Å². The number of nitrogens with zero attached hydrogens (tertiary/aromatic N) is 5. The third-order valence-corrected chi connectivity index (χ3v) is 5.99. The molecule has 2 aliphatic rings. The predicted molar refractivity (Wildman–Crippen MR) is 113 cm³/mol. The van der Waals surface area contributed by atoms with Crippen molar-refractivity contribution in [1.82, 2.24) is 24.7 Å². The van der Waals surface area contributed by atoms with E-state index in [0.29, 0.717) is 12.1 Å². The fraction of sp³-hybridized carbons (Fsp3) is 0.217. The summed E-state index contributed by atoms with van der Waals surface area (Å²) in [6, 6.07) is 8.31. The monoisotopic (exact) mass is 396 g/mol. The van der Waals surface area contributed by atoms with E-state index in [1.54, 1.807) is 6.20 Å². The Morgan fingerprint density at radius 2 is 2.03 bits per heavy atom. The molecule has 0 radical (unpaired) electrons. The van der Waals surface area contributed by atoms with Crippen molar-refractivity contribution in [3.05, 3.63) is 77.1 Å². The van der Waals surface area contributed by atoms with E-state index in [2.05, 4.69) is 33.5 Å². The molecule has 0 aromatic carbocycles. The maximum absolute atomic E-state index is 11.9. The number of carbonyl (C=O) groups excluding carboxylic acids is 1. The lowest BCUT2D eigenvalue weighted by Crippen LogP contribution is -2.32. The molecule has 6 heterocycles. The van der Waals surface area contributed by atoms with Gasteiger partial charge in [0.15, 0.2) is 0 Å². The van der Waals surface area contributed by atoms with Crippen LogP contribution < -0.4 is 10.2 Å². The molecule has 1 N–H and O–H groups in total. The maximum atomic E-state index is 11.9. The van der Waals surface area contributed by atoms with Gasteiger partial charge in [-0.05, 0) is 42.3 Å². The Kier molecular flexibility index (Phi) is 3.65. The summed E-state index contributed by atoms with van der Waals surface area (Å²) in [6.07, 6.45) is 8.68. The van der Waals surface area contributed by atoms with Crippen molar-refractivity contribution >= 4 is 17.4 Å². The van der Waals surface area contributed by atoms with Gasteiger partial charge in [0.1, 0.15) is 11.5 Å². The fourth-order valence-corrected chi connectivity index (χ4v) is 4.41. The Hall–Kier alpha value is -3.74. The average Bonchev–Trinajstić information content (AvgIpc) is 3.38. The first-order chi connectivity index (χ1) is 14.7. The van der Waals surface area contributed by atoms with Crippen LogP contribution in [0, 0.1) is 6.92 Å². The lowest BCUT2D eigenvalue weighted by Gasteiger charge is -2.31. The number of anilines is 1. The summed E-state index contributed by atoms with van der Waals surface area (Å²) in [5, 5.41) is 2.86. The lowest BCUT2D eigenvalue weighted by molar-refractivity contribution is 0.0965. The second-order valence-corrected chi connectivity index (χ2v) is 7.92. The summed E-state index contributed by atoms with van der Waals surface area (Å²) in [6.45, 7) is 4.17. The molecule has 0 saturated heterocycles. The number of pyridine rings is 3. The minimum absolute atomic E-state index is 0.0279. The molecule has 4 aromatic rings. The maximum Gasteiger partial charge on any atom is 0.253 e. The van der Waals surface area contributed by atoms with Crippen LogP contribution in [0.5, 0.6) is 0 Å². The van der Waals surface area contributed by atoms with Crippen LogP contribution in [0.4, 0.5) is 5.82 Å². The van der Waals surface area contributed by atoms with E-state index in [-0.39, 0.29) is 5.91 Å². The van der Waals surface area contributed by atoms with Gasteiger partial charge in [-0.15, -0.1) is 0 Å². The second-order valence-electron chi connectivity index (χ2n) is 7.92. The van der Waals surface area contributed by atoms with E-state index in [4.69, 9.17) is 9.97 Å². The molecule has 1 amide bonds. The SMILES string of the molecule is Cc1cc2c(nc1N1CCc3ncc(-c4ccc5nccn5c4)cc3C1)CNC2=O. The van der Waals surface area contributed by atoms with Gasteiger partial charge in [-0.1, -0.05) is 0 Å². The summed E-state index contributed by atoms with van der Waals surface area (Å²) in [7, 11) is 0. The van der Waals surface area contributed by atoms with Crippen LogP contribution in [0.25, 0.3) is 16.8 Å². The zero-order valence-electron chi connectivity index (χ0n) is 16.6. The van der Waals surface area contributed by atoms with Crippen LogP contribution >= 0.6 is 0 Å². The molecule has 7 nitrogen and oxygen atoms in total. The second kappa shape index (κ2) is 6.38. The van der Waals surface area contributed by atoms with Gasteiger partial charge >= 0.3 is 0 Å². The number of aromatic nitrogens is 4. The van der Waals surface area contributed by atoms with Gasteiger partial charge in [0.25, 0.3) is 5.91 Å². The molecule has 7 heteroatoms. The van der Waals surface area contributed by atoms with Crippen molar-refractivity contribution in [2.24, 2.45) is 0 Å². The zero-order chi connectivity index (χ0) is 20.2. The molecule has 6 rings (SSSR count). The molecule has 148 valence electrons. The van der Waals surface area contributed by atoms with Gasteiger partial charge < -0.3 is 14.6 Å². The summed E-state index contributed by atoms with van der Waals surface area (Å²) in [5.74, 6) is 0.931. The molecule has 0 aliphatic carbocycles. The molecular formula is C23H20N6O. The molecule has 0 fully saturated rings. The summed E-state index contributed by atoms with van der Waals surface area (Å²) >= 11 is 0. The molecule has 30 heavy (non-hydrogen) atoms. The highest BCUT2D eigenvalue weighted by Gasteiger charge is 2.25. The van der Waals surface area contributed by atoms with Crippen LogP contribution in [0.1, 0.15) is 32.9 Å². The number of hydrogen-bond acceptors (Lipinski definition) is 5. The number of rotatable bonds is 2. The van der Waals surface area contributed by atoms with Crippen molar-refractivity contribution in [1.29, 1.82) is 0 Å². The molecule has 0 spiro atoms. The van der Waals surface area contributed by atoms with Gasteiger partial charge in [-0.2, -0.15) is 0 Å². The minimum atomic E-state index is -0.0279. The Morgan fingerprint density at radius 3 is 2.97 bits per heavy atom. The smallest absolute Gasteiger partial charge is 0.253 e. The molecule has 0 bridgehead atoms. The van der Waals surface area contributed by atoms with Crippen LogP contribution in [0.15, 0.2) is 49.1 Å². The number of fused-ring (bicyclic) bond motifs is 3. The van der Waals surface area contributed by atoms with Crippen LogP contribution in [0.3, 0.4) is 0 Å². The van der Waals surface area contributed by atoms with Crippen molar-refractivity contribution < 1.29 is 4.79 Å². The van der Waals surface area contributed by atoms with E-state index >= 15 is 0 Å². The Balaban J connectivity index is 1.35. The highest BCUT2D eigenvalue weighted by molar-refractivity contribution is 5.98. The largest absolute Gasteiger partial charge is 0.352 e. The third kappa shape index (κ3) is 2.66. The van der Waals surface area contributed by atoms with Crippen molar-refractivity contribution in [2.45, 2.75) is 26.4 Å². The highest BCUT2D eigenvalue weighted by atomic mass is 16.1. The number of aryl methyl sites for hydroxylation is 1. The summed E-state index contributed by atoms with van der Waals surface area (Å²) in [4.78, 5) is 28.1. The minimum Gasteiger partial charge on any atom is -0.352 e. The number of carbonyl (C=O) groups is 1. The molecule has 2 aliphatic heterocycles. The standard InChI is InChI=1S/C23H20N6O/c1-14-8-18-20(11-26-23(18)30)27-22(14)29-6-4-19-17(13-29)9-16(10-25-19)15-2-3-21-24-5-7-28(21)12-15/h2-3,5,7-10,12H,4,6,11,13H2,1H3,(H,26,30). The van der Waals surface area contributed by atoms with Crippen LogP contribution in [0.2, 0.25) is 0 Å². The number of amides is 1. The van der Waals surface area contributed by atoms with Gasteiger partial charge in [-0.25, -0.2) is 9.97 Å². The molecule has 0 atom stereocenters. The predicted octanol–water partition coefficient (Wildman–Crippen LogP) is 2.91. The first kappa shape index (κ1) is 17.1. The molecule has 0 saturated carbocycles. The first-order valence-electron chi connectivity index (χ1n) is 10.1. The Labute approximate surface area is 173 Å². The van der Waals surface area contributed by atoms with E-state index in [1.807, 2.05) is 35.9 Å². The normalized spacial score (nSPS) is 15.2. The number of imidazole rings is 1. The van der Waals surface area contributed by atoms with Crippen molar-refractivity contribution in [3.8, 4) is 11.1 Å². The van der Waals surface area contributed by atoms with E-state index in [1.165, 1.54) is 5.56 Å². The fourth-order valence-electron chi connectivity index (χ4n) is 4.41. The Bertz CT molecular complexity index is 1320. The molecule has 4 aromatic heterocycles. The van der Waals surface area contributed by atoms with Gasteiger partial charge in [0.05, 0.1) is 17.8 Å². The Morgan fingerprint density at radius 1 is 1.10 bits per heavy atom. The van der Waals surface area contributed by atoms with Gasteiger partial charge in [0.2, 0.25) is 0 Å². The van der Waals surface area contributed by atoms with E-state index < -0.39 is 0 Å². The number of nitrogens with one attached hydrogen (secondary N) is 1. The summed E-state index contributed by atoms with van der Waals surface area (Å²) in [5.41, 5.74) is 8.09. The van der Waals surface area contributed by atoms with Crippen molar-refractivity contribution in [2.75, 3.05) is 11.4 Å². The average molecular weight is 396 g/mol. The van der Waals surface area contributed by atoms with Crippen LogP contribution in [-0.4, -0.2) is 31.8 Å². The van der Waals surface area contributed by atoms with Gasteiger partial charge in [-0.3, -0.25) is 9.78 Å². The topological polar surface area (TPSA) is 75.4 Å². The van der Waals surface area contributed by atoms with Crippen LogP contribution in [-0.2, 0) is 19.5 Å². The summed E-state index contributed by atoms with van der Waals surface area (Å²) < 4.78 is 2.02. The van der Waals surface area contributed by atoms with Crippen molar-refractivity contribution in [3.63, 3.8) is 0 Å². The molecule has 0 unspecified atom stereocenters. The lowest BCUT2D eigenvalue weighted by atomic mass is 10.0.